The molecule has 0 N–H and O–H groups in total. The monoisotopic (exact) mass is 350 g/mol. The number of rotatable bonds is 3. The predicted octanol–water partition coefficient (Wildman–Crippen LogP) is 4.41. The van der Waals surface area contributed by atoms with Crippen molar-refractivity contribution in [1.29, 1.82) is 0 Å². The average Bonchev–Trinajstić information content (AvgIpc) is 2.00. The molecule has 0 unspecified atom stereocenters. The fourth-order valence-corrected chi connectivity index (χ4v) is 1.20. The summed E-state index contributed by atoms with van der Waals surface area (Å²) in [5.74, 6) is -0.353. The molecule has 0 aliphatic heterocycles. The number of hydrogen-bond acceptors (Lipinski definition) is 1. The molecule has 1 nitrogen and oxygen atoms in total. The van der Waals surface area contributed by atoms with E-state index in [0.717, 1.165) is 12.1 Å². The summed E-state index contributed by atoms with van der Waals surface area (Å²) in [6.07, 6.45) is -4.60. The molecule has 0 heterocycles. The smallest absolute Gasteiger partial charge is 0.427 e. The number of benzene rings is 1. The van der Waals surface area contributed by atoms with E-state index in [9.17, 15) is 17.6 Å². The first-order chi connectivity index (χ1) is 6.72. The first-order valence-electron chi connectivity index (χ1n) is 3.61. The first kappa shape index (κ1) is 12.8. The van der Waals surface area contributed by atoms with Crippen LogP contribution >= 0.6 is 31.9 Å². The molecule has 15 heavy (non-hydrogen) atoms. The maximum Gasteiger partial charge on any atom is 0.475 e. The summed E-state index contributed by atoms with van der Waals surface area (Å²) >= 11 is 4.55. The molecule has 1 rings (SSSR count). The van der Waals surface area contributed by atoms with Gasteiger partial charge in [0.1, 0.15) is 5.75 Å². The van der Waals surface area contributed by atoms with Crippen LogP contribution in [0.5, 0.6) is 5.75 Å². The molecule has 1 aromatic rings. The lowest BCUT2D eigenvalue weighted by atomic mass is 10.3. The quantitative estimate of drug-likeness (QED) is 0.579. The van der Waals surface area contributed by atoms with Gasteiger partial charge in [-0.25, -0.2) is 0 Å². The number of alkyl halides is 5. The van der Waals surface area contributed by atoms with Gasteiger partial charge in [0.2, 0.25) is 0 Å². The Morgan fingerprint density at radius 1 is 1.13 bits per heavy atom. The lowest BCUT2D eigenvalue weighted by molar-refractivity contribution is -0.266. The van der Waals surface area contributed by atoms with Crippen molar-refractivity contribution in [1.82, 2.24) is 0 Å². The normalized spacial score (nSPS) is 12.7. The largest absolute Gasteiger partial charge is 0.475 e. The van der Waals surface area contributed by atoms with Crippen LogP contribution in [0.4, 0.5) is 17.6 Å². The van der Waals surface area contributed by atoms with Crippen LogP contribution in [0.25, 0.3) is 0 Å². The molecule has 0 amide bonds. The lowest BCUT2D eigenvalue weighted by Crippen LogP contribution is -2.40. The number of halogens is 6. The van der Waals surface area contributed by atoms with E-state index in [1.165, 1.54) is 6.07 Å². The molecular formula is C8H4Br2F4O. The van der Waals surface area contributed by atoms with Crippen molar-refractivity contribution in [3.05, 3.63) is 28.7 Å². The van der Waals surface area contributed by atoms with Crippen molar-refractivity contribution >= 4 is 31.9 Å². The van der Waals surface area contributed by atoms with Gasteiger partial charge >= 0.3 is 10.9 Å². The summed E-state index contributed by atoms with van der Waals surface area (Å²) in [5.41, 5.74) is 0. The standard InChI is InChI=1S/C8H4Br2F4O/c9-5-2-1-3-6(4-5)15-8(13,14)7(10,11)12/h1-4H. The van der Waals surface area contributed by atoms with E-state index in [1.807, 2.05) is 0 Å². The van der Waals surface area contributed by atoms with Crippen LogP contribution in [0.3, 0.4) is 0 Å². The number of ether oxygens (including phenoxy) is 1. The Balaban J connectivity index is 2.87. The van der Waals surface area contributed by atoms with E-state index in [4.69, 9.17) is 0 Å². The molecular weight excluding hydrogens is 348 g/mol. The SMILES string of the molecule is FC(F)(Br)C(F)(F)Oc1cccc(Br)c1. The zero-order valence-corrected chi connectivity index (χ0v) is 10.2. The van der Waals surface area contributed by atoms with E-state index >= 15 is 0 Å². The van der Waals surface area contributed by atoms with Crippen LogP contribution in [0.2, 0.25) is 0 Å². The van der Waals surface area contributed by atoms with E-state index in [-0.39, 0.29) is 5.75 Å². The topological polar surface area (TPSA) is 9.23 Å². The Morgan fingerprint density at radius 2 is 1.73 bits per heavy atom. The predicted molar refractivity (Wildman–Crippen MR) is 53.6 cm³/mol. The summed E-state index contributed by atoms with van der Waals surface area (Å²) in [7, 11) is 0. The van der Waals surface area contributed by atoms with E-state index < -0.39 is 10.9 Å². The van der Waals surface area contributed by atoms with Crippen LogP contribution in [0.15, 0.2) is 28.7 Å². The van der Waals surface area contributed by atoms with Gasteiger partial charge in [0.25, 0.3) is 0 Å². The third kappa shape index (κ3) is 3.34. The summed E-state index contributed by atoms with van der Waals surface area (Å²) in [5, 5.41) is 0. The van der Waals surface area contributed by atoms with Gasteiger partial charge in [-0.2, -0.15) is 17.6 Å². The van der Waals surface area contributed by atoms with Gasteiger partial charge in [0, 0.05) is 20.4 Å². The zero-order chi connectivity index (χ0) is 11.7. The highest BCUT2D eigenvalue weighted by atomic mass is 79.9. The van der Waals surface area contributed by atoms with Gasteiger partial charge in [-0.15, -0.1) is 0 Å². The second kappa shape index (κ2) is 4.29. The van der Waals surface area contributed by atoms with Gasteiger partial charge < -0.3 is 4.74 Å². The third-order valence-electron chi connectivity index (χ3n) is 1.37. The van der Waals surface area contributed by atoms with Gasteiger partial charge in [-0.05, 0) is 18.2 Å². The summed E-state index contributed by atoms with van der Waals surface area (Å²) in [4.78, 5) is -4.41. The second-order valence-electron chi connectivity index (χ2n) is 2.57. The van der Waals surface area contributed by atoms with E-state index in [1.54, 1.807) is 22.0 Å². The van der Waals surface area contributed by atoms with Crippen LogP contribution < -0.4 is 4.74 Å². The van der Waals surface area contributed by atoms with Crippen molar-refractivity contribution in [2.75, 3.05) is 0 Å². The van der Waals surface area contributed by atoms with Gasteiger partial charge in [0.05, 0.1) is 0 Å². The molecule has 0 bridgehead atoms. The molecule has 0 aliphatic carbocycles. The van der Waals surface area contributed by atoms with Gasteiger partial charge in [-0.3, -0.25) is 0 Å². The first-order valence-corrected chi connectivity index (χ1v) is 5.20. The van der Waals surface area contributed by atoms with E-state index in [0.29, 0.717) is 4.47 Å². The Morgan fingerprint density at radius 3 is 2.20 bits per heavy atom. The Hall–Kier alpha value is -0.300. The van der Waals surface area contributed by atoms with Crippen LogP contribution in [-0.2, 0) is 0 Å². The number of hydrogen-bond donors (Lipinski definition) is 0. The average molecular weight is 352 g/mol. The van der Waals surface area contributed by atoms with Crippen molar-refractivity contribution in [3.8, 4) is 5.75 Å². The highest BCUT2D eigenvalue weighted by Gasteiger charge is 2.57. The van der Waals surface area contributed by atoms with Crippen molar-refractivity contribution < 1.29 is 22.3 Å². The lowest BCUT2D eigenvalue weighted by Gasteiger charge is -2.21. The summed E-state index contributed by atoms with van der Waals surface area (Å²) in [6.45, 7) is 0. The summed E-state index contributed by atoms with van der Waals surface area (Å²) < 4.78 is 54.4. The van der Waals surface area contributed by atoms with Crippen LogP contribution in [0.1, 0.15) is 0 Å². The molecule has 1 aromatic carbocycles. The maximum atomic E-state index is 12.7. The minimum Gasteiger partial charge on any atom is -0.427 e. The van der Waals surface area contributed by atoms with Crippen molar-refractivity contribution in [2.45, 2.75) is 10.9 Å². The fourth-order valence-electron chi connectivity index (χ4n) is 0.736. The molecule has 0 aliphatic rings. The molecule has 0 fully saturated rings. The van der Waals surface area contributed by atoms with E-state index in [2.05, 4.69) is 20.7 Å². The minimum absolute atomic E-state index is 0.353. The summed E-state index contributed by atoms with van der Waals surface area (Å²) in [6, 6.07) is 5.25. The van der Waals surface area contributed by atoms with Crippen LogP contribution in [0, 0.1) is 0 Å². The Bertz CT molecular complexity index is 351. The highest BCUT2D eigenvalue weighted by molar-refractivity contribution is 9.10. The molecule has 84 valence electrons. The molecule has 0 saturated carbocycles. The fraction of sp³-hybridized carbons (Fsp3) is 0.250. The Kier molecular flexibility index (Phi) is 3.65. The molecule has 0 aromatic heterocycles. The third-order valence-corrected chi connectivity index (χ3v) is 2.33. The van der Waals surface area contributed by atoms with Gasteiger partial charge in [-0.1, -0.05) is 22.0 Å². The van der Waals surface area contributed by atoms with Crippen molar-refractivity contribution in [2.24, 2.45) is 0 Å². The minimum atomic E-state index is -4.60. The molecule has 0 spiro atoms. The molecule has 7 heteroatoms. The molecule has 0 saturated heterocycles. The van der Waals surface area contributed by atoms with Crippen molar-refractivity contribution in [3.63, 3.8) is 0 Å². The highest BCUT2D eigenvalue weighted by Crippen LogP contribution is 2.40. The molecule has 0 atom stereocenters. The van der Waals surface area contributed by atoms with Crippen LogP contribution in [-0.4, -0.2) is 10.9 Å². The maximum absolute atomic E-state index is 12.7. The Labute approximate surface area is 99.7 Å². The molecule has 0 radical (unpaired) electrons. The zero-order valence-electron chi connectivity index (χ0n) is 6.99. The van der Waals surface area contributed by atoms with Gasteiger partial charge in [0.15, 0.2) is 0 Å². The second-order valence-corrected chi connectivity index (χ2v) is 4.49.